The Bertz CT molecular complexity index is 229. The number of amides is 1. The summed E-state index contributed by atoms with van der Waals surface area (Å²) in [5.41, 5.74) is 5.32. The molecular weight excluding hydrogens is 176 g/mol. The molecule has 4 atom stereocenters. The van der Waals surface area contributed by atoms with Gasteiger partial charge in [0, 0.05) is 6.04 Å². The Hall–Kier alpha value is -0.570. The molecule has 0 aromatic heterocycles. The van der Waals surface area contributed by atoms with Gasteiger partial charge in [0.1, 0.15) is 0 Å². The van der Waals surface area contributed by atoms with Gasteiger partial charge in [-0.3, -0.25) is 4.79 Å². The zero-order valence-corrected chi connectivity index (χ0v) is 8.83. The Balaban J connectivity index is 1.88. The molecule has 1 amide bonds. The zero-order valence-electron chi connectivity index (χ0n) is 8.83. The Morgan fingerprint density at radius 2 is 2.29 bits per heavy atom. The molecule has 80 valence electrons. The number of carbonyl (C=O) groups excluding carboxylic acids is 1. The molecule has 0 heterocycles. The Kier molecular flexibility index (Phi) is 2.77. The van der Waals surface area contributed by atoms with Crippen molar-refractivity contribution < 1.29 is 4.79 Å². The lowest BCUT2D eigenvalue weighted by Crippen LogP contribution is -2.47. The van der Waals surface area contributed by atoms with Gasteiger partial charge in [0.25, 0.3) is 0 Å². The predicted octanol–water partition coefficient (Wildman–Crippen LogP) is 1.03. The quantitative estimate of drug-likeness (QED) is 0.705. The lowest BCUT2D eigenvalue weighted by atomic mass is 9.94. The fourth-order valence-electron chi connectivity index (χ4n) is 3.11. The topological polar surface area (TPSA) is 55.1 Å². The summed E-state index contributed by atoms with van der Waals surface area (Å²) in [6, 6.07) is 0.450. The smallest absolute Gasteiger partial charge is 0.234 e. The van der Waals surface area contributed by atoms with Gasteiger partial charge in [-0.15, -0.1) is 0 Å². The molecule has 3 N–H and O–H groups in total. The largest absolute Gasteiger partial charge is 0.368 e. The number of carbonyl (C=O) groups is 1. The van der Waals surface area contributed by atoms with Gasteiger partial charge in [-0.1, -0.05) is 13.3 Å². The first-order chi connectivity index (χ1) is 6.70. The molecule has 3 heteroatoms. The molecule has 0 aliphatic heterocycles. The van der Waals surface area contributed by atoms with E-state index in [1.165, 1.54) is 25.7 Å². The average Bonchev–Trinajstić information content (AvgIpc) is 2.74. The predicted molar refractivity (Wildman–Crippen MR) is 55.6 cm³/mol. The molecule has 14 heavy (non-hydrogen) atoms. The molecule has 0 saturated heterocycles. The van der Waals surface area contributed by atoms with Gasteiger partial charge < -0.3 is 11.1 Å². The van der Waals surface area contributed by atoms with Crippen molar-refractivity contribution in [3.8, 4) is 0 Å². The van der Waals surface area contributed by atoms with E-state index in [2.05, 4.69) is 5.32 Å². The third kappa shape index (κ3) is 1.78. The van der Waals surface area contributed by atoms with Crippen molar-refractivity contribution in [3.63, 3.8) is 0 Å². The van der Waals surface area contributed by atoms with Crippen molar-refractivity contribution in [2.45, 2.75) is 51.1 Å². The summed E-state index contributed by atoms with van der Waals surface area (Å²) in [7, 11) is 0. The van der Waals surface area contributed by atoms with E-state index in [4.69, 9.17) is 5.73 Å². The van der Waals surface area contributed by atoms with Crippen LogP contribution >= 0.6 is 0 Å². The molecule has 2 rings (SSSR count). The standard InChI is InChI=1S/C11H20N2O/c1-2-9(11(12)14)13-10-6-7-3-4-8(10)5-7/h7-10,13H,2-6H2,1H3,(H2,12,14). The summed E-state index contributed by atoms with van der Waals surface area (Å²) in [4.78, 5) is 11.1. The molecule has 3 nitrogen and oxygen atoms in total. The lowest BCUT2D eigenvalue weighted by molar-refractivity contribution is -0.120. The first-order valence-electron chi connectivity index (χ1n) is 5.76. The Morgan fingerprint density at radius 3 is 2.71 bits per heavy atom. The summed E-state index contributed by atoms with van der Waals surface area (Å²) < 4.78 is 0. The number of nitrogens with one attached hydrogen (secondary N) is 1. The van der Waals surface area contributed by atoms with E-state index in [9.17, 15) is 4.79 Å². The van der Waals surface area contributed by atoms with Gasteiger partial charge in [-0.05, 0) is 37.5 Å². The molecule has 4 unspecified atom stereocenters. The van der Waals surface area contributed by atoms with Crippen molar-refractivity contribution in [1.29, 1.82) is 0 Å². The van der Waals surface area contributed by atoms with Crippen LogP contribution in [0.1, 0.15) is 39.0 Å². The number of rotatable bonds is 4. The van der Waals surface area contributed by atoms with Crippen LogP contribution < -0.4 is 11.1 Å². The molecule has 2 bridgehead atoms. The molecule has 0 aromatic rings. The minimum absolute atomic E-state index is 0.112. The molecule has 2 aliphatic rings. The fraction of sp³-hybridized carbons (Fsp3) is 0.909. The number of hydrogen-bond donors (Lipinski definition) is 2. The third-order valence-corrected chi connectivity index (χ3v) is 3.91. The monoisotopic (exact) mass is 196 g/mol. The average molecular weight is 196 g/mol. The van der Waals surface area contributed by atoms with Crippen LogP contribution in [0.3, 0.4) is 0 Å². The highest BCUT2D eigenvalue weighted by Gasteiger charge is 2.40. The molecule has 2 saturated carbocycles. The van der Waals surface area contributed by atoms with Gasteiger partial charge in [-0.25, -0.2) is 0 Å². The van der Waals surface area contributed by atoms with E-state index in [0.29, 0.717) is 6.04 Å². The van der Waals surface area contributed by atoms with E-state index >= 15 is 0 Å². The minimum atomic E-state index is -0.199. The van der Waals surface area contributed by atoms with E-state index in [-0.39, 0.29) is 11.9 Å². The maximum atomic E-state index is 11.1. The Labute approximate surface area is 85.4 Å². The molecule has 2 fully saturated rings. The number of hydrogen-bond acceptors (Lipinski definition) is 2. The first-order valence-corrected chi connectivity index (χ1v) is 5.76. The normalized spacial score (nSPS) is 37.4. The van der Waals surface area contributed by atoms with Crippen LogP contribution in [0.5, 0.6) is 0 Å². The van der Waals surface area contributed by atoms with Crippen molar-refractivity contribution in [3.05, 3.63) is 0 Å². The van der Waals surface area contributed by atoms with E-state index in [1.807, 2.05) is 6.92 Å². The van der Waals surface area contributed by atoms with Crippen molar-refractivity contribution in [2.24, 2.45) is 17.6 Å². The third-order valence-electron chi connectivity index (χ3n) is 3.91. The van der Waals surface area contributed by atoms with Gasteiger partial charge in [0.15, 0.2) is 0 Å². The first kappa shape index (κ1) is 9.97. The van der Waals surface area contributed by atoms with Crippen LogP contribution in [0.2, 0.25) is 0 Å². The summed E-state index contributed by atoms with van der Waals surface area (Å²) in [6.45, 7) is 2.01. The number of nitrogens with two attached hydrogens (primary N) is 1. The van der Waals surface area contributed by atoms with E-state index < -0.39 is 0 Å². The van der Waals surface area contributed by atoms with Crippen LogP contribution in [-0.2, 0) is 4.79 Å². The second-order valence-electron chi connectivity index (χ2n) is 4.81. The zero-order chi connectivity index (χ0) is 10.1. The highest BCUT2D eigenvalue weighted by molar-refractivity contribution is 5.79. The van der Waals surface area contributed by atoms with Crippen molar-refractivity contribution in [2.75, 3.05) is 0 Å². The summed E-state index contributed by atoms with van der Waals surface area (Å²) in [5, 5.41) is 3.42. The minimum Gasteiger partial charge on any atom is -0.368 e. The second-order valence-corrected chi connectivity index (χ2v) is 4.81. The summed E-state index contributed by atoms with van der Waals surface area (Å²) in [6.07, 6.45) is 6.18. The molecule has 0 spiro atoms. The summed E-state index contributed by atoms with van der Waals surface area (Å²) in [5.74, 6) is 1.53. The van der Waals surface area contributed by atoms with Crippen LogP contribution in [0.15, 0.2) is 0 Å². The maximum absolute atomic E-state index is 11.1. The lowest BCUT2D eigenvalue weighted by Gasteiger charge is -2.26. The fourth-order valence-corrected chi connectivity index (χ4v) is 3.11. The molecule has 2 aliphatic carbocycles. The van der Waals surface area contributed by atoms with Gasteiger partial charge in [0.2, 0.25) is 5.91 Å². The second kappa shape index (κ2) is 3.89. The van der Waals surface area contributed by atoms with E-state index in [1.54, 1.807) is 0 Å². The Morgan fingerprint density at radius 1 is 1.50 bits per heavy atom. The van der Waals surface area contributed by atoms with Crippen LogP contribution in [0, 0.1) is 11.8 Å². The van der Waals surface area contributed by atoms with Gasteiger partial charge in [0.05, 0.1) is 6.04 Å². The SMILES string of the molecule is CCC(NC1CC2CCC1C2)C(N)=O. The number of fused-ring (bicyclic) bond motifs is 2. The van der Waals surface area contributed by atoms with Crippen molar-refractivity contribution in [1.82, 2.24) is 5.32 Å². The molecule has 0 radical (unpaired) electrons. The highest BCUT2D eigenvalue weighted by atomic mass is 16.1. The molecule has 0 aromatic carbocycles. The van der Waals surface area contributed by atoms with Crippen molar-refractivity contribution >= 4 is 5.91 Å². The number of primary amides is 1. The maximum Gasteiger partial charge on any atom is 0.234 e. The molecular formula is C11H20N2O. The van der Waals surface area contributed by atoms with Crippen LogP contribution in [-0.4, -0.2) is 18.0 Å². The summed E-state index contributed by atoms with van der Waals surface area (Å²) >= 11 is 0. The van der Waals surface area contributed by atoms with Crippen LogP contribution in [0.25, 0.3) is 0 Å². The van der Waals surface area contributed by atoms with E-state index in [0.717, 1.165) is 18.3 Å². The van der Waals surface area contributed by atoms with Gasteiger partial charge in [-0.2, -0.15) is 0 Å². The highest BCUT2D eigenvalue weighted by Crippen LogP contribution is 2.44. The van der Waals surface area contributed by atoms with Gasteiger partial charge >= 0.3 is 0 Å². The van der Waals surface area contributed by atoms with Crippen LogP contribution in [0.4, 0.5) is 0 Å².